The maximum absolute atomic E-state index is 13.7. The van der Waals surface area contributed by atoms with Crippen LogP contribution in [0.1, 0.15) is 10.4 Å². The molecule has 0 aliphatic carbocycles. The summed E-state index contributed by atoms with van der Waals surface area (Å²) >= 11 is 0. The van der Waals surface area contributed by atoms with Crippen LogP contribution in [0.3, 0.4) is 0 Å². The first-order valence-electron chi connectivity index (χ1n) is 7.42. The van der Waals surface area contributed by atoms with Gasteiger partial charge in [-0.15, -0.1) is 0 Å². The Bertz CT molecular complexity index is 834. The molecular formula is C19H16NO3P. The van der Waals surface area contributed by atoms with Crippen molar-refractivity contribution in [1.29, 1.82) is 0 Å². The van der Waals surface area contributed by atoms with E-state index in [9.17, 15) is 14.5 Å². The van der Waals surface area contributed by atoms with Gasteiger partial charge in [-0.2, -0.15) is 0 Å². The fourth-order valence-corrected chi connectivity index (χ4v) is 4.53. The average Bonchev–Trinajstić information content (AvgIpc) is 2.63. The second-order valence-electron chi connectivity index (χ2n) is 5.27. The van der Waals surface area contributed by atoms with Crippen LogP contribution in [-0.2, 0) is 4.57 Å². The standard InChI is InChI=1S/C19H16NO3P/c21-16-13-11-15(12-14-16)19(22)20-24(23,17-7-3-1-4-8-17)18-9-5-2-6-10-18/h1-14,21H,(H,20,22,23). The topological polar surface area (TPSA) is 66.4 Å². The Morgan fingerprint density at radius 2 is 1.21 bits per heavy atom. The maximum atomic E-state index is 13.7. The fraction of sp³-hybridized carbons (Fsp3) is 0. The minimum Gasteiger partial charge on any atom is -0.508 e. The number of carbonyl (C=O) groups excluding carboxylic acids is 1. The number of phenolic OH excluding ortho intramolecular Hbond substituents is 1. The third-order valence-electron chi connectivity index (χ3n) is 3.63. The number of rotatable bonds is 4. The number of amides is 1. The summed E-state index contributed by atoms with van der Waals surface area (Å²) in [7, 11) is -3.32. The minimum absolute atomic E-state index is 0.0702. The molecule has 0 fully saturated rings. The number of phenols is 1. The Balaban J connectivity index is 2.02. The number of nitrogens with one attached hydrogen (secondary N) is 1. The lowest BCUT2D eigenvalue weighted by Crippen LogP contribution is -2.32. The van der Waals surface area contributed by atoms with Crippen molar-refractivity contribution in [3.63, 3.8) is 0 Å². The van der Waals surface area contributed by atoms with Crippen LogP contribution >= 0.6 is 7.29 Å². The van der Waals surface area contributed by atoms with Crippen LogP contribution < -0.4 is 15.7 Å². The van der Waals surface area contributed by atoms with Crippen molar-refractivity contribution >= 4 is 23.8 Å². The molecule has 3 aromatic rings. The van der Waals surface area contributed by atoms with E-state index in [2.05, 4.69) is 5.09 Å². The smallest absolute Gasteiger partial charge is 0.257 e. The third-order valence-corrected chi connectivity index (χ3v) is 6.20. The van der Waals surface area contributed by atoms with Crippen molar-refractivity contribution in [2.75, 3.05) is 0 Å². The first-order chi connectivity index (χ1) is 11.6. The third kappa shape index (κ3) is 3.24. The molecule has 0 aliphatic rings. The van der Waals surface area contributed by atoms with Gasteiger partial charge in [0.25, 0.3) is 5.91 Å². The molecule has 4 nitrogen and oxygen atoms in total. The summed E-state index contributed by atoms with van der Waals surface area (Å²) in [4.78, 5) is 12.6. The van der Waals surface area contributed by atoms with Gasteiger partial charge in [0, 0.05) is 16.2 Å². The van der Waals surface area contributed by atoms with E-state index in [0.717, 1.165) is 0 Å². The summed E-state index contributed by atoms with van der Waals surface area (Å²) in [6.07, 6.45) is 0. The zero-order valence-corrected chi connectivity index (χ0v) is 13.7. The zero-order valence-electron chi connectivity index (χ0n) is 12.8. The SMILES string of the molecule is O=C(NP(=O)(c1ccccc1)c1ccccc1)c1ccc(O)cc1. The van der Waals surface area contributed by atoms with Gasteiger partial charge < -0.3 is 5.11 Å². The maximum Gasteiger partial charge on any atom is 0.257 e. The quantitative estimate of drug-likeness (QED) is 0.719. The summed E-state index contributed by atoms with van der Waals surface area (Å²) in [5, 5.41) is 13.2. The summed E-state index contributed by atoms with van der Waals surface area (Å²) < 4.78 is 13.7. The Morgan fingerprint density at radius 1 is 0.750 bits per heavy atom. The summed E-state index contributed by atoms with van der Waals surface area (Å²) in [6, 6.07) is 23.6. The van der Waals surface area contributed by atoms with E-state index in [0.29, 0.717) is 16.2 Å². The zero-order chi connectivity index (χ0) is 17.0. The molecular weight excluding hydrogens is 321 g/mol. The van der Waals surface area contributed by atoms with Crippen LogP contribution in [0.15, 0.2) is 84.9 Å². The summed E-state index contributed by atoms with van der Waals surface area (Å²) in [5.41, 5.74) is 0.333. The van der Waals surface area contributed by atoms with Crippen molar-refractivity contribution < 1.29 is 14.5 Å². The van der Waals surface area contributed by atoms with Gasteiger partial charge in [0.1, 0.15) is 5.75 Å². The number of hydrogen-bond acceptors (Lipinski definition) is 3. The van der Waals surface area contributed by atoms with E-state index in [-0.39, 0.29) is 5.75 Å². The van der Waals surface area contributed by atoms with E-state index in [1.807, 2.05) is 12.1 Å². The van der Waals surface area contributed by atoms with E-state index < -0.39 is 13.2 Å². The molecule has 0 heterocycles. The van der Waals surface area contributed by atoms with Crippen molar-refractivity contribution in [2.24, 2.45) is 0 Å². The van der Waals surface area contributed by atoms with Crippen LogP contribution in [0.2, 0.25) is 0 Å². The highest BCUT2D eigenvalue weighted by molar-refractivity contribution is 7.77. The minimum atomic E-state index is -3.32. The molecule has 3 rings (SSSR count). The van der Waals surface area contributed by atoms with E-state index in [4.69, 9.17) is 0 Å². The second-order valence-corrected chi connectivity index (χ2v) is 7.74. The van der Waals surface area contributed by atoms with Crippen molar-refractivity contribution in [1.82, 2.24) is 5.09 Å². The van der Waals surface area contributed by atoms with Crippen LogP contribution in [0.5, 0.6) is 5.75 Å². The Labute approximate surface area is 140 Å². The van der Waals surface area contributed by atoms with Crippen LogP contribution in [-0.4, -0.2) is 11.0 Å². The van der Waals surface area contributed by atoms with Gasteiger partial charge >= 0.3 is 0 Å². The molecule has 0 bridgehead atoms. The molecule has 0 saturated heterocycles. The summed E-state index contributed by atoms with van der Waals surface area (Å²) in [5.74, 6) is -0.383. The first kappa shape index (κ1) is 16.0. The molecule has 0 aromatic heterocycles. The molecule has 0 aliphatic heterocycles. The van der Waals surface area contributed by atoms with Gasteiger partial charge in [-0.05, 0) is 48.5 Å². The second kappa shape index (κ2) is 6.73. The van der Waals surface area contributed by atoms with E-state index >= 15 is 0 Å². The highest BCUT2D eigenvalue weighted by Crippen LogP contribution is 2.38. The molecule has 0 atom stereocenters. The van der Waals surface area contributed by atoms with Crippen LogP contribution in [0, 0.1) is 0 Å². The molecule has 120 valence electrons. The molecule has 0 radical (unpaired) electrons. The normalized spacial score (nSPS) is 11.0. The Morgan fingerprint density at radius 3 is 1.67 bits per heavy atom. The van der Waals surface area contributed by atoms with Crippen molar-refractivity contribution in [3.05, 3.63) is 90.5 Å². The fourth-order valence-electron chi connectivity index (χ4n) is 2.37. The van der Waals surface area contributed by atoms with Gasteiger partial charge in [-0.3, -0.25) is 14.4 Å². The first-order valence-corrected chi connectivity index (χ1v) is 9.13. The van der Waals surface area contributed by atoms with Gasteiger partial charge in [0.15, 0.2) is 0 Å². The van der Waals surface area contributed by atoms with Gasteiger partial charge in [0.2, 0.25) is 7.29 Å². The molecule has 24 heavy (non-hydrogen) atoms. The van der Waals surface area contributed by atoms with Gasteiger partial charge in [-0.25, -0.2) is 0 Å². The Kier molecular flexibility index (Phi) is 4.50. The number of benzene rings is 3. The number of aromatic hydroxyl groups is 1. The monoisotopic (exact) mass is 337 g/mol. The predicted octanol–water partition coefficient (Wildman–Crippen LogP) is 3.05. The number of carbonyl (C=O) groups is 1. The highest BCUT2D eigenvalue weighted by Gasteiger charge is 2.29. The molecule has 2 N–H and O–H groups in total. The Hall–Kier alpha value is -2.84. The van der Waals surface area contributed by atoms with E-state index in [1.54, 1.807) is 48.5 Å². The van der Waals surface area contributed by atoms with Crippen molar-refractivity contribution in [2.45, 2.75) is 0 Å². The van der Waals surface area contributed by atoms with E-state index in [1.165, 1.54) is 24.3 Å². The average molecular weight is 337 g/mol. The molecule has 5 heteroatoms. The highest BCUT2D eigenvalue weighted by atomic mass is 31.2. The predicted molar refractivity (Wildman–Crippen MR) is 95.3 cm³/mol. The largest absolute Gasteiger partial charge is 0.508 e. The molecule has 0 saturated carbocycles. The van der Waals surface area contributed by atoms with Crippen molar-refractivity contribution in [3.8, 4) is 5.75 Å². The lowest BCUT2D eigenvalue weighted by Gasteiger charge is -2.20. The van der Waals surface area contributed by atoms with Crippen LogP contribution in [0.4, 0.5) is 0 Å². The lowest BCUT2D eigenvalue weighted by atomic mass is 10.2. The molecule has 0 spiro atoms. The lowest BCUT2D eigenvalue weighted by molar-refractivity contribution is 0.0981. The summed E-state index contributed by atoms with van der Waals surface area (Å²) in [6.45, 7) is 0. The molecule has 0 unspecified atom stereocenters. The molecule has 3 aromatic carbocycles. The van der Waals surface area contributed by atoms with Gasteiger partial charge in [0.05, 0.1) is 0 Å². The molecule has 1 amide bonds. The van der Waals surface area contributed by atoms with Crippen LogP contribution in [0.25, 0.3) is 0 Å². The number of hydrogen-bond donors (Lipinski definition) is 2. The van der Waals surface area contributed by atoms with Gasteiger partial charge in [-0.1, -0.05) is 36.4 Å².